The predicted molar refractivity (Wildman–Crippen MR) is 68.8 cm³/mol. The third kappa shape index (κ3) is 2.48. The average Bonchev–Trinajstić information content (AvgIpc) is 2.71. The van der Waals surface area contributed by atoms with Crippen molar-refractivity contribution in [1.82, 2.24) is 24.8 Å². The van der Waals surface area contributed by atoms with E-state index in [0.717, 1.165) is 48.7 Å². The zero-order valence-corrected chi connectivity index (χ0v) is 11.0. The van der Waals surface area contributed by atoms with Gasteiger partial charge in [-0.2, -0.15) is 0 Å². The Labute approximate surface area is 108 Å². The molecule has 0 bridgehead atoms. The van der Waals surface area contributed by atoms with E-state index >= 15 is 0 Å². The molecule has 0 atom stereocenters. The molecule has 2 aromatic heterocycles. The van der Waals surface area contributed by atoms with E-state index < -0.39 is 0 Å². The van der Waals surface area contributed by atoms with E-state index in [-0.39, 0.29) is 0 Å². The summed E-state index contributed by atoms with van der Waals surface area (Å²) in [6, 6.07) is 3.95. The van der Waals surface area contributed by atoms with Crippen LogP contribution in [0.4, 0.5) is 0 Å². The van der Waals surface area contributed by atoms with Gasteiger partial charge in [0.1, 0.15) is 0 Å². The molecule has 3 rings (SSSR count). The molecule has 5 nitrogen and oxygen atoms in total. The number of fused-ring (bicyclic) bond motifs is 1. The fourth-order valence-electron chi connectivity index (χ4n) is 2.04. The van der Waals surface area contributed by atoms with Gasteiger partial charge in [-0.3, -0.25) is 4.90 Å². The molecule has 3 heterocycles. The largest absolute Gasteiger partial charge is 0.314 e. The van der Waals surface area contributed by atoms with E-state index in [1.807, 2.05) is 22.8 Å². The van der Waals surface area contributed by atoms with E-state index in [0.29, 0.717) is 0 Å². The molecule has 0 unspecified atom stereocenters. The van der Waals surface area contributed by atoms with Crippen molar-refractivity contribution in [2.45, 2.75) is 6.54 Å². The first-order valence-corrected chi connectivity index (χ1v) is 6.54. The maximum absolute atomic E-state index is 4.53. The van der Waals surface area contributed by atoms with Crippen LogP contribution in [0.5, 0.6) is 0 Å². The van der Waals surface area contributed by atoms with Gasteiger partial charge in [0.15, 0.2) is 11.5 Å². The highest BCUT2D eigenvalue weighted by Gasteiger charge is 2.12. The second-order valence-corrected chi connectivity index (χ2v) is 5.12. The van der Waals surface area contributed by atoms with Gasteiger partial charge in [0.25, 0.3) is 0 Å². The zero-order chi connectivity index (χ0) is 11.7. The lowest BCUT2D eigenvalue weighted by Crippen LogP contribution is -2.43. The monoisotopic (exact) mass is 295 g/mol. The minimum atomic E-state index is 0.834. The van der Waals surface area contributed by atoms with Gasteiger partial charge in [-0.15, -0.1) is 5.10 Å². The lowest BCUT2D eigenvalue weighted by molar-refractivity contribution is 0.228. The molecule has 1 aliphatic heterocycles. The van der Waals surface area contributed by atoms with Crippen LogP contribution in [0.2, 0.25) is 0 Å². The molecule has 1 aliphatic rings. The Kier molecular flexibility index (Phi) is 3.09. The number of hydrogen-bond donors (Lipinski definition) is 1. The number of pyridine rings is 1. The molecule has 6 heteroatoms. The highest BCUT2D eigenvalue weighted by Crippen LogP contribution is 2.12. The molecule has 0 amide bonds. The van der Waals surface area contributed by atoms with Gasteiger partial charge in [0, 0.05) is 36.8 Å². The lowest BCUT2D eigenvalue weighted by atomic mass is 10.3. The second kappa shape index (κ2) is 4.72. The van der Waals surface area contributed by atoms with Crippen LogP contribution in [0.3, 0.4) is 0 Å². The summed E-state index contributed by atoms with van der Waals surface area (Å²) >= 11 is 3.44. The third-order valence-electron chi connectivity index (χ3n) is 2.92. The summed E-state index contributed by atoms with van der Waals surface area (Å²) in [5.41, 5.74) is 0.893. The van der Waals surface area contributed by atoms with Crippen molar-refractivity contribution >= 4 is 21.6 Å². The Bertz CT molecular complexity index is 518. The first kappa shape index (κ1) is 11.1. The first-order chi connectivity index (χ1) is 8.31. The van der Waals surface area contributed by atoms with Crippen LogP contribution in [0.15, 0.2) is 22.8 Å². The molecular weight excluding hydrogens is 282 g/mol. The van der Waals surface area contributed by atoms with Gasteiger partial charge in [0.2, 0.25) is 0 Å². The number of nitrogens with zero attached hydrogens (tertiary/aromatic N) is 4. The SMILES string of the molecule is Brc1ccn2nc(CN3CCNCC3)nc2c1. The predicted octanol–water partition coefficient (Wildman–Crippen LogP) is 0.897. The fourth-order valence-corrected chi connectivity index (χ4v) is 2.36. The van der Waals surface area contributed by atoms with Crippen molar-refractivity contribution in [2.24, 2.45) is 0 Å². The Morgan fingerprint density at radius 3 is 3.00 bits per heavy atom. The Balaban J connectivity index is 1.80. The Morgan fingerprint density at radius 1 is 1.35 bits per heavy atom. The van der Waals surface area contributed by atoms with Crippen LogP contribution in [-0.4, -0.2) is 45.7 Å². The van der Waals surface area contributed by atoms with Gasteiger partial charge in [-0.05, 0) is 12.1 Å². The Morgan fingerprint density at radius 2 is 2.18 bits per heavy atom. The van der Waals surface area contributed by atoms with Crippen molar-refractivity contribution in [1.29, 1.82) is 0 Å². The molecule has 17 heavy (non-hydrogen) atoms. The number of aromatic nitrogens is 3. The van der Waals surface area contributed by atoms with Crippen molar-refractivity contribution < 1.29 is 0 Å². The number of nitrogens with one attached hydrogen (secondary N) is 1. The Hall–Kier alpha value is -0.980. The summed E-state index contributed by atoms with van der Waals surface area (Å²) in [6.45, 7) is 5.08. The minimum absolute atomic E-state index is 0.834. The molecule has 1 fully saturated rings. The normalized spacial score (nSPS) is 17.7. The summed E-state index contributed by atoms with van der Waals surface area (Å²) in [4.78, 5) is 6.90. The maximum Gasteiger partial charge on any atom is 0.165 e. The van der Waals surface area contributed by atoms with E-state index in [9.17, 15) is 0 Å². The second-order valence-electron chi connectivity index (χ2n) is 4.20. The maximum atomic E-state index is 4.53. The number of piperazine rings is 1. The number of hydrogen-bond acceptors (Lipinski definition) is 4. The summed E-state index contributed by atoms with van der Waals surface area (Å²) in [5, 5.41) is 7.81. The van der Waals surface area contributed by atoms with Crippen LogP contribution in [-0.2, 0) is 6.54 Å². The molecule has 2 aromatic rings. The molecule has 90 valence electrons. The quantitative estimate of drug-likeness (QED) is 0.894. The van der Waals surface area contributed by atoms with Crippen LogP contribution < -0.4 is 5.32 Å². The summed E-state index contributed by atoms with van der Waals surface area (Å²) in [5.74, 6) is 0.894. The summed E-state index contributed by atoms with van der Waals surface area (Å²) in [7, 11) is 0. The lowest BCUT2D eigenvalue weighted by Gasteiger charge is -2.25. The molecule has 0 aromatic carbocycles. The van der Waals surface area contributed by atoms with E-state index in [1.165, 1.54) is 0 Å². The van der Waals surface area contributed by atoms with Gasteiger partial charge in [-0.1, -0.05) is 15.9 Å². The highest BCUT2D eigenvalue weighted by atomic mass is 79.9. The molecule has 1 saturated heterocycles. The van der Waals surface area contributed by atoms with Crippen LogP contribution in [0, 0.1) is 0 Å². The first-order valence-electron chi connectivity index (χ1n) is 5.75. The molecule has 1 N–H and O–H groups in total. The molecule has 0 radical (unpaired) electrons. The molecule has 0 spiro atoms. The summed E-state index contributed by atoms with van der Waals surface area (Å²) in [6.07, 6.45) is 1.92. The standard InChI is InChI=1S/C11H14BrN5/c12-9-1-4-17-11(7-9)14-10(15-17)8-16-5-2-13-3-6-16/h1,4,7,13H,2-3,5-6,8H2. The van der Waals surface area contributed by atoms with Crippen LogP contribution in [0.25, 0.3) is 5.65 Å². The zero-order valence-electron chi connectivity index (χ0n) is 9.43. The average molecular weight is 296 g/mol. The third-order valence-corrected chi connectivity index (χ3v) is 3.41. The number of halogens is 1. The van der Waals surface area contributed by atoms with Crippen molar-refractivity contribution in [3.8, 4) is 0 Å². The molecule has 0 aliphatic carbocycles. The molecule has 0 saturated carbocycles. The van der Waals surface area contributed by atoms with E-state index in [2.05, 4.69) is 36.2 Å². The number of rotatable bonds is 2. The topological polar surface area (TPSA) is 45.5 Å². The summed E-state index contributed by atoms with van der Waals surface area (Å²) < 4.78 is 2.86. The van der Waals surface area contributed by atoms with Gasteiger partial charge in [0.05, 0.1) is 6.54 Å². The van der Waals surface area contributed by atoms with Gasteiger partial charge < -0.3 is 5.32 Å². The van der Waals surface area contributed by atoms with Crippen LogP contribution >= 0.6 is 15.9 Å². The minimum Gasteiger partial charge on any atom is -0.314 e. The van der Waals surface area contributed by atoms with Gasteiger partial charge >= 0.3 is 0 Å². The highest BCUT2D eigenvalue weighted by molar-refractivity contribution is 9.10. The fraction of sp³-hybridized carbons (Fsp3) is 0.455. The smallest absolute Gasteiger partial charge is 0.165 e. The van der Waals surface area contributed by atoms with Crippen molar-refractivity contribution in [3.63, 3.8) is 0 Å². The van der Waals surface area contributed by atoms with Gasteiger partial charge in [-0.25, -0.2) is 9.50 Å². The van der Waals surface area contributed by atoms with E-state index in [4.69, 9.17) is 0 Å². The molecular formula is C11H14BrN5. The van der Waals surface area contributed by atoms with Crippen molar-refractivity contribution in [2.75, 3.05) is 26.2 Å². The van der Waals surface area contributed by atoms with Crippen molar-refractivity contribution in [3.05, 3.63) is 28.6 Å². The van der Waals surface area contributed by atoms with E-state index in [1.54, 1.807) is 0 Å². The van der Waals surface area contributed by atoms with Crippen LogP contribution in [0.1, 0.15) is 5.82 Å².